The summed E-state index contributed by atoms with van der Waals surface area (Å²) in [7, 11) is 1.41. The molecule has 0 aromatic heterocycles. The number of nitrogens with one attached hydrogen (secondary N) is 1. The van der Waals surface area contributed by atoms with Gasteiger partial charge in [-0.1, -0.05) is 60.7 Å². The molecule has 4 nitrogen and oxygen atoms in total. The van der Waals surface area contributed by atoms with Gasteiger partial charge in [-0.15, -0.1) is 0 Å². The van der Waals surface area contributed by atoms with Gasteiger partial charge < -0.3 is 14.8 Å². The molecule has 0 amide bonds. The first-order valence-corrected chi connectivity index (χ1v) is 12.3. The fraction of sp³-hybridized carbons (Fsp3) is 0.258. The second kappa shape index (κ2) is 10.1. The molecule has 5 heteroatoms. The van der Waals surface area contributed by atoms with Crippen LogP contribution in [0.4, 0.5) is 4.39 Å². The number of aryl methyl sites for hydroxylation is 1. The Balaban J connectivity index is 1.39. The molecule has 4 aromatic carbocycles. The van der Waals surface area contributed by atoms with E-state index >= 15 is 0 Å². The predicted molar refractivity (Wildman–Crippen MR) is 140 cm³/mol. The van der Waals surface area contributed by atoms with Gasteiger partial charge in [0.25, 0.3) is 0 Å². The lowest BCUT2D eigenvalue weighted by Crippen LogP contribution is -2.37. The van der Waals surface area contributed by atoms with E-state index in [-0.39, 0.29) is 29.9 Å². The lowest BCUT2D eigenvalue weighted by atomic mass is 9.83. The van der Waals surface area contributed by atoms with Crippen molar-refractivity contribution < 1.29 is 18.7 Å². The minimum atomic E-state index is -0.326. The Bertz CT molecular complexity index is 1420. The molecule has 3 unspecified atom stereocenters. The molecule has 1 heterocycles. The highest BCUT2D eigenvalue weighted by Crippen LogP contribution is 2.41. The van der Waals surface area contributed by atoms with Gasteiger partial charge in [-0.25, -0.2) is 9.18 Å². The van der Waals surface area contributed by atoms with Crippen LogP contribution < -0.4 is 10.1 Å². The van der Waals surface area contributed by atoms with Crippen LogP contribution in [0.15, 0.2) is 78.9 Å². The van der Waals surface area contributed by atoms with Gasteiger partial charge in [0.2, 0.25) is 0 Å². The summed E-state index contributed by atoms with van der Waals surface area (Å²) in [5.74, 6) is 0.419. The van der Waals surface area contributed by atoms with Crippen molar-refractivity contribution in [2.24, 2.45) is 0 Å². The summed E-state index contributed by atoms with van der Waals surface area (Å²) in [4.78, 5) is 12.3. The summed E-state index contributed by atoms with van der Waals surface area (Å²) in [6, 6.07) is 25.1. The Labute approximate surface area is 211 Å². The van der Waals surface area contributed by atoms with E-state index in [1.807, 2.05) is 67.6 Å². The molecule has 1 aliphatic heterocycles. The third kappa shape index (κ3) is 4.59. The van der Waals surface area contributed by atoms with Crippen molar-refractivity contribution in [3.05, 3.63) is 112 Å². The Morgan fingerprint density at radius 1 is 1.06 bits per heavy atom. The minimum absolute atomic E-state index is 0.0139. The average molecular weight is 484 g/mol. The Morgan fingerprint density at radius 2 is 1.81 bits per heavy atom. The molecular formula is C31H30FNO3. The number of esters is 1. The van der Waals surface area contributed by atoms with Crippen LogP contribution in [0.1, 0.15) is 57.9 Å². The molecule has 0 fully saturated rings. The number of fused-ring (bicyclic) bond motifs is 2. The van der Waals surface area contributed by atoms with Crippen LogP contribution in [0.3, 0.4) is 0 Å². The maximum atomic E-state index is 14.3. The summed E-state index contributed by atoms with van der Waals surface area (Å²) in [6.45, 7) is 4.64. The van der Waals surface area contributed by atoms with E-state index < -0.39 is 0 Å². The number of halogens is 1. The van der Waals surface area contributed by atoms with Crippen LogP contribution in [0.5, 0.6) is 5.75 Å². The molecule has 5 rings (SSSR count). The summed E-state index contributed by atoms with van der Waals surface area (Å²) in [5, 5.41) is 5.16. The topological polar surface area (TPSA) is 47.6 Å². The number of para-hydroxylation sites is 1. The van der Waals surface area contributed by atoms with Crippen LogP contribution >= 0.6 is 0 Å². The molecule has 0 saturated carbocycles. The standard InChI is InChI=1S/C31H30FNO3/c1-19-12-13-21(16-27(19)31(34)35-3)28-17-22(36-30-11-7-6-10-26(28)30)18-33-20(2)23-14-15-29(32)25-9-5-4-8-24(23)25/h4-16,20,22,28,33H,17-18H2,1-3H3. The van der Waals surface area contributed by atoms with E-state index in [1.54, 1.807) is 0 Å². The lowest BCUT2D eigenvalue weighted by Gasteiger charge is -2.33. The van der Waals surface area contributed by atoms with Crippen LogP contribution in [-0.4, -0.2) is 25.7 Å². The van der Waals surface area contributed by atoms with Gasteiger partial charge in [-0.05, 0) is 60.5 Å². The zero-order chi connectivity index (χ0) is 25.2. The van der Waals surface area contributed by atoms with Crippen molar-refractivity contribution in [1.29, 1.82) is 0 Å². The SMILES string of the molecule is COC(=O)c1cc(C2CC(CNC(C)c3ccc(F)c4ccccc34)Oc3ccccc32)ccc1C. The van der Waals surface area contributed by atoms with Crippen molar-refractivity contribution in [2.75, 3.05) is 13.7 Å². The molecule has 184 valence electrons. The molecule has 0 saturated heterocycles. The second-order valence-corrected chi connectivity index (χ2v) is 9.44. The van der Waals surface area contributed by atoms with Crippen LogP contribution in [0, 0.1) is 12.7 Å². The highest BCUT2D eigenvalue weighted by Gasteiger charge is 2.30. The Morgan fingerprint density at radius 3 is 2.61 bits per heavy atom. The van der Waals surface area contributed by atoms with Gasteiger partial charge in [-0.2, -0.15) is 0 Å². The number of carbonyl (C=O) groups is 1. The van der Waals surface area contributed by atoms with Gasteiger partial charge in [0.15, 0.2) is 0 Å². The van der Waals surface area contributed by atoms with Gasteiger partial charge in [0.1, 0.15) is 17.7 Å². The molecule has 0 spiro atoms. The molecule has 0 aliphatic carbocycles. The number of hydrogen-bond donors (Lipinski definition) is 1. The molecule has 0 radical (unpaired) electrons. The zero-order valence-electron chi connectivity index (χ0n) is 20.8. The van der Waals surface area contributed by atoms with E-state index in [4.69, 9.17) is 9.47 Å². The Kier molecular flexibility index (Phi) is 6.75. The van der Waals surface area contributed by atoms with E-state index in [2.05, 4.69) is 24.4 Å². The summed E-state index contributed by atoms with van der Waals surface area (Å²) in [6.07, 6.45) is 0.701. The predicted octanol–water partition coefficient (Wildman–Crippen LogP) is 6.71. The van der Waals surface area contributed by atoms with E-state index in [9.17, 15) is 9.18 Å². The molecule has 4 aromatic rings. The largest absolute Gasteiger partial charge is 0.489 e. The first-order valence-electron chi connectivity index (χ1n) is 12.3. The molecule has 1 N–H and O–H groups in total. The fourth-order valence-corrected chi connectivity index (χ4v) is 5.20. The average Bonchev–Trinajstić information content (AvgIpc) is 2.91. The number of hydrogen-bond acceptors (Lipinski definition) is 4. The number of carbonyl (C=O) groups excluding carboxylic acids is 1. The van der Waals surface area contributed by atoms with E-state index in [1.165, 1.54) is 13.2 Å². The molecule has 3 atom stereocenters. The van der Waals surface area contributed by atoms with Gasteiger partial charge >= 0.3 is 5.97 Å². The summed E-state index contributed by atoms with van der Waals surface area (Å²) in [5.41, 5.74) is 4.72. The van der Waals surface area contributed by atoms with E-state index in [0.29, 0.717) is 17.5 Å². The van der Waals surface area contributed by atoms with Crippen molar-refractivity contribution in [3.8, 4) is 5.75 Å². The van der Waals surface area contributed by atoms with Gasteiger partial charge in [0.05, 0.1) is 12.7 Å². The summed E-state index contributed by atoms with van der Waals surface area (Å²) < 4.78 is 25.7. The fourth-order valence-electron chi connectivity index (χ4n) is 5.20. The maximum Gasteiger partial charge on any atom is 0.338 e. The first kappa shape index (κ1) is 24.0. The van der Waals surface area contributed by atoms with Crippen molar-refractivity contribution >= 4 is 16.7 Å². The molecule has 0 bridgehead atoms. The zero-order valence-corrected chi connectivity index (χ0v) is 20.8. The third-order valence-electron chi connectivity index (χ3n) is 7.18. The van der Waals surface area contributed by atoms with E-state index in [0.717, 1.165) is 39.8 Å². The Hall–Kier alpha value is -3.70. The number of rotatable bonds is 6. The second-order valence-electron chi connectivity index (χ2n) is 9.44. The normalized spacial score (nSPS) is 17.8. The smallest absolute Gasteiger partial charge is 0.338 e. The van der Waals surface area contributed by atoms with Crippen molar-refractivity contribution in [1.82, 2.24) is 5.32 Å². The first-order chi connectivity index (χ1) is 17.5. The van der Waals surface area contributed by atoms with Crippen molar-refractivity contribution in [3.63, 3.8) is 0 Å². The molecule has 1 aliphatic rings. The van der Waals surface area contributed by atoms with Gasteiger partial charge in [0, 0.05) is 29.5 Å². The lowest BCUT2D eigenvalue weighted by molar-refractivity contribution is 0.0599. The monoisotopic (exact) mass is 483 g/mol. The van der Waals surface area contributed by atoms with Crippen LogP contribution in [0.25, 0.3) is 10.8 Å². The third-order valence-corrected chi connectivity index (χ3v) is 7.18. The number of ether oxygens (including phenoxy) is 2. The van der Waals surface area contributed by atoms with Crippen LogP contribution in [-0.2, 0) is 4.74 Å². The highest BCUT2D eigenvalue weighted by molar-refractivity contribution is 5.91. The number of methoxy groups -OCH3 is 1. The minimum Gasteiger partial charge on any atom is -0.489 e. The highest BCUT2D eigenvalue weighted by atomic mass is 19.1. The number of benzene rings is 4. The molecule has 36 heavy (non-hydrogen) atoms. The maximum absolute atomic E-state index is 14.3. The summed E-state index contributed by atoms with van der Waals surface area (Å²) >= 11 is 0. The molecular weight excluding hydrogens is 453 g/mol. The quantitative estimate of drug-likeness (QED) is 0.310. The van der Waals surface area contributed by atoms with Gasteiger partial charge in [-0.3, -0.25) is 0 Å². The van der Waals surface area contributed by atoms with Crippen molar-refractivity contribution in [2.45, 2.75) is 38.3 Å². The van der Waals surface area contributed by atoms with Crippen LogP contribution in [0.2, 0.25) is 0 Å².